The molecule has 5 nitrogen and oxygen atoms in total. The summed E-state index contributed by atoms with van der Waals surface area (Å²) in [5, 5.41) is 8.92. The first-order valence-corrected chi connectivity index (χ1v) is 7.98. The molecule has 2 aromatic rings. The predicted molar refractivity (Wildman–Crippen MR) is 78.3 cm³/mol. The fourth-order valence-electron chi connectivity index (χ4n) is 1.82. The Bertz CT molecular complexity index is 806. The van der Waals surface area contributed by atoms with E-state index in [0.29, 0.717) is 11.5 Å². The summed E-state index contributed by atoms with van der Waals surface area (Å²) in [6.45, 7) is 3.44. The van der Waals surface area contributed by atoms with Crippen molar-refractivity contribution < 1.29 is 12.8 Å². The standard InChI is InChI=1S/C14H13ClN2O3S/c1-9-3-6-13(20-9)10(2)17-21(18,19)14-7-11(8-16)4-5-12(14)15/h3-7,10,17H,1-2H3. The van der Waals surface area contributed by atoms with Gasteiger partial charge in [-0.2, -0.15) is 5.26 Å². The van der Waals surface area contributed by atoms with E-state index in [4.69, 9.17) is 21.3 Å². The Morgan fingerprint density at radius 2 is 2.05 bits per heavy atom. The molecule has 0 radical (unpaired) electrons. The number of rotatable bonds is 4. The van der Waals surface area contributed by atoms with Crippen molar-refractivity contribution in [3.8, 4) is 6.07 Å². The van der Waals surface area contributed by atoms with Gasteiger partial charge in [0, 0.05) is 0 Å². The van der Waals surface area contributed by atoms with Crippen molar-refractivity contribution in [2.24, 2.45) is 0 Å². The van der Waals surface area contributed by atoms with Crippen molar-refractivity contribution in [2.75, 3.05) is 0 Å². The highest BCUT2D eigenvalue weighted by Crippen LogP contribution is 2.25. The summed E-state index contributed by atoms with van der Waals surface area (Å²) >= 11 is 5.92. The summed E-state index contributed by atoms with van der Waals surface area (Å²) in [7, 11) is -3.85. The lowest BCUT2D eigenvalue weighted by molar-refractivity contribution is 0.441. The summed E-state index contributed by atoms with van der Waals surface area (Å²) in [5.74, 6) is 1.20. The van der Waals surface area contributed by atoms with Crippen LogP contribution < -0.4 is 4.72 Å². The monoisotopic (exact) mass is 324 g/mol. The molecule has 1 aromatic carbocycles. The molecule has 0 spiro atoms. The average Bonchev–Trinajstić information content (AvgIpc) is 2.85. The van der Waals surface area contributed by atoms with Crippen molar-refractivity contribution in [2.45, 2.75) is 24.8 Å². The summed E-state index contributed by atoms with van der Waals surface area (Å²) in [6.07, 6.45) is 0. The number of hydrogen-bond acceptors (Lipinski definition) is 4. The van der Waals surface area contributed by atoms with E-state index >= 15 is 0 Å². The molecular formula is C14H13ClN2O3S. The van der Waals surface area contributed by atoms with E-state index in [-0.39, 0.29) is 15.5 Å². The molecule has 0 bridgehead atoms. The number of nitrogens with one attached hydrogen (secondary N) is 1. The maximum absolute atomic E-state index is 12.4. The largest absolute Gasteiger partial charge is 0.465 e. The lowest BCUT2D eigenvalue weighted by Gasteiger charge is -2.13. The van der Waals surface area contributed by atoms with Crippen molar-refractivity contribution in [3.63, 3.8) is 0 Å². The second-order valence-electron chi connectivity index (χ2n) is 4.55. The predicted octanol–water partition coefficient (Wildman–Crippen LogP) is 3.15. The summed E-state index contributed by atoms with van der Waals surface area (Å²) < 4.78 is 32.6. The Balaban J connectivity index is 2.33. The Kier molecular flexibility index (Phi) is 4.37. The first-order valence-electron chi connectivity index (χ1n) is 6.12. The first kappa shape index (κ1) is 15.6. The Hall–Kier alpha value is -1.81. The average molecular weight is 325 g/mol. The second kappa shape index (κ2) is 5.90. The van der Waals surface area contributed by atoms with Gasteiger partial charge < -0.3 is 4.42 Å². The van der Waals surface area contributed by atoms with Crippen molar-refractivity contribution in [3.05, 3.63) is 52.4 Å². The topological polar surface area (TPSA) is 83.1 Å². The van der Waals surface area contributed by atoms with Gasteiger partial charge in [0.15, 0.2) is 0 Å². The number of hydrogen-bond donors (Lipinski definition) is 1. The van der Waals surface area contributed by atoms with Crippen LogP contribution in [0.2, 0.25) is 5.02 Å². The van der Waals surface area contributed by atoms with Gasteiger partial charge in [-0.3, -0.25) is 0 Å². The van der Waals surface area contributed by atoms with Crippen LogP contribution in [0, 0.1) is 18.3 Å². The van der Waals surface area contributed by atoms with E-state index in [0.717, 1.165) is 0 Å². The van der Waals surface area contributed by atoms with E-state index in [9.17, 15) is 8.42 Å². The van der Waals surface area contributed by atoms with Gasteiger partial charge in [-0.25, -0.2) is 13.1 Å². The lowest BCUT2D eigenvalue weighted by Crippen LogP contribution is -2.27. The zero-order chi connectivity index (χ0) is 15.6. The fourth-order valence-corrected chi connectivity index (χ4v) is 3.56. The fraction of sp³-hybridized carbons (Fsp3) is 0.214. The zero-order valence-corrected chi connectivity index (χ0v) is 13.0. The highest BCUT2D eigenvalue weighted by atomic mass is 35.5. The van der Waals surface area contributed by atoms with Crippen LogP contribution in [-0.2, 0) is 10.0 Å². The first-order chi connectivity index (χ1) is 9.83. The molecule has 1 heterocycles. The number of nitriles is 1. The SMILES string of the molecule is Cc1ccc(C(C)NS(=O)(=O)c2cc(C#N)ccc2Cl)o1. The molecule has 0 saturated heterocycles. The molecule has 7 heteroatoms. The highest BCUT2D eigenvalue weighted by Gasteiger charge is 2.23. The molecule has 0 fully saturated rings. The Labute approximate surface area is 128 Å². The summed E-state index contributed by atoms with van der Waals surface area (Å²) in [6, 6.07) is 8.88. The van der Waals surface area contributed by atoms with Crippen molar-refractivity contribution in [1.82, 2.24) is 4.72 Å². The van der Waals surface area contributed by atoms with Gasteiger partial charge in [0.25, 0.3) is 0 Å². The van der Waals surface area contributed by atoms with Crippen LogP contribution in [0.15, 0.2) is 39.6 Å². The van der Waals surface area contributed by atoms with Crippen molar-refractivity contribution >= 4 is 21.6 Å². The Morgan fingerprint density at radius 3 is 2.62 bits per heavy atom. The molecule has 0 aliphatic rings. The number of halogens is 1. The third kappa shape index (κ3) is 3.45. The van der Waals surface area contributed by atoms with Crippen LogP contribution in [0.5, 0.6) is 0 Å². The molecule has 0 aliphatic heterocycles. The van der Waals surface area contributed by atoms with Gasteiger partial charge in [0.1, 0.15) is 16.4 Å². The van der Waals surface area contributed by atoms with E-state index in [2.05, 4.69) is 4.72 Å². The number of benzene rings is 1. The molecule has 2 rings (SSSR count). The number of sulfonamides is 1. The molecule has 0 amide bonds. The summed E-state index contributed by atoms with van der Waals surface area (Å²) in [5.41, 5.74) is 0.223. The highest BCUT2D eigenvalue weighted by molar-refractivity contribution is 7.89. The lowest BCUT2D eigenvalue weighted by atomic mass is 10.2. The third-order valence-corrected chi connectivity index (χ3v) is 4.89. The van der Waals surface area contributed by atoms with Gasteiger partial charge in [-0.15, -0.1) is 0 Å². The minimum absolute atomic E-state index is 0.0596. The van der Waals surface area contributed by atoms with Crippen LogP contribution in [0.4, 0.5) is 0 Å². The van der Waals surface area contributed by atoms with Gasteiger partial charge >= 0.3 is 0 Å². The molecular weight excluding hydrogens is 312 g/mol. The van der Waals surface area contributed by atoms with Crippen molar-refractivity contribution in [1.29, 1.82) is 5.26 Å². The molecule has 0 saturated carbocycles. The zero-order valence-electron chi connectivity index (χ0n) is 11.4. The smallest absolute Gasteiger partial charge is 0.242 e. The van der Waals surface area contributed by atoms with Crippen LogP contribution >= 0.6 is 11.6 Å². The number of aryl methyl sites for hydroxylation is 1. The van der Waals surface area contributed by atoms with E-state index < -0.39 is 16.1 Å². The van der Waals surface area contributed by atoms with Crippen LogP contribution in [0.1, 0.15) is 30.0 Å². The van der Waals surface area contributed by atoms with E-state index in [1.165, 1.54) is 18.2 Å². The van der Waals surface area contributed by atoms with Crippen LogP contribution in [-0.4, -0.2) is 8.42 Å². The number of nitrogens with zero attached hydrogens (tertiary/aromatic N) is 1. The molecule has 1 aromatic heterocycles. The van der Waals surface area contributed by atoms with Gasteiger partial charge in [-0.05, 0) is 44.2 Å². The molecule has 1 unspecified atom stereocenters. The van der Waals surface area contributed by atoms with Gasteiger partial charge in [0.05, 0.1) is 22.7 Å². The normalized spacial score (nSPS) is 12.9. The van der Waals surface area contributed by atoms with Crippen LogP contribution in [0.3, 0.4) is 0 Å². The molecule has 110 valence electrons. The Morgan fingerprint density at radius 1 is 1.33 bits per heavy atom. The minimum Gasteiger partial charge on any atom is -0.465 e. The second-order valence-corrected chi connectivity index (χ2v) is 6.64. The third-order valence-electron chi connectivity index (χ3n) is 2.87. The minimum atomic E-state index is -3.85. The molecule has 1 atom stereocenters. The maximum Gasteiger partial charge on any atom is 0.242 e. The van der Waals surface area contributed by atoms with E-state index in [1.807, 2.05) is 6.07 Å². The van der Waals surface area contributed by atoms with Gasteiger partial charge in [-0.1, -0.05) is 11.6 Å². The molecule has 1 N–H and O–H groups in total. The number of furan rings is 1. The quantitative estimate of drug-likeness (QED) is 0.936. The van der Waals surface area contributed by atoms with Crippen LogP contribution in [0.25, 0.3) is 0 Å². The van der Waals surface area contributed by atoms with Gasteiger partial charge in [0.2, 0.25) is 10.0 Å². The maximum atomic E-state index is 12.4. The summed E-state index contributed by atoms with van der Waals surface area (Å²) in [4.78, 5) is -0.127. The molecule has 0 aliphatic carbocycles. The van der Waals surface area contributed by atoms with E-state index in [1.54, 1.807) is 26.0 Å². The molecule has 21 heavy (non-hydrogen) atoms.